The van der Waals surface area contributed by atoms with Crippen molar-refractivity contribution < 1.29 is 9.59 Å². The minimum atomic E-state index is 0.0459. The van der Waals surface area contributed by atoms with Gasteiger partial charge in [0.05, 0.1) is 0 Å². The summed E-state index contributed by atoms with van der Waals surface area (Å²) < 4.78 is 0. The Labute approximate surface area is 138 Å². The van der Waals surface area contributed by atoms with E-state index in [4.69, 9.17) is 0 Å². The molecule has 2 rings (SSSR count). The predicted molar refractivity (Wildman–Crippen MR) is 92.7 cm³/mol. The summed E-state index contributed by atoms with van der Waals surface area (Å²) in [6.45, 7) is 3.49. The number of rotatable bonds is 6. The average molecular weight is 314 g/mol. The summed E-state index contributed by atoms with van der Waals surface area (Å²) in [5.41, 5.74) is 1.03. The number of piperidine rings is 1. The fourth-order valence-corrected chi connectivity index (χ4v) is 2.72. The first kappa shape index (κ1) is 17.3. The summed E-state index contributed by atoms with van der Waals surface area (Å²) in [5, 5.41) is 3.08. The molecule has 4 heteroatoms. The van der Waals surface area contributed by atoms with Gasteiger partial charge in [-0.05, 0) is 30.9 Å². The topological polar surface area (TPSA) is 49.4 Å². The summed E-state index contributed by atoms with van der Waals surface area (Å²) in [4.78, 5) is 25.8. The SMILES string of the molecule is CCCCC(=O)NC1CCN(C(=O)/C=C/c2ccccc2)CC1. The third-order valence-corrected chi connectivity index (χ3v) is 4.15. The zero-order valence-electron chi connectivity index (χ0n) is 13.8. The van der Waals surface area contributed by atoms with Crippen molar-refractivity contribution in [3.8, 4) is 0 Å². The maximum absolute atomic E-state index is 12.2. The first-order valence-corrected chi connectivity index (χ1v) is 8.50. The molecule has 1 heterocycles. The zero-order chi connectivity index (χ0) is 16.5. The second-order valence-electron chi connectivity index (χ2n) is 6.01. The van der Waals surface area contributed by atoms with Crippen LogP contribution >= 0.6 is 0 Å². The summed E-state index contributed by atoms with van der Waals surface area (Å²) in [5.74, 6) is 0.185. The highest BCUT2D eigenvalue weighted by molar-refractivity contribution is 5.91. The van der Waals surface area contributed by atoms with Crippen molar-refractivity contribution >= 4 is 17.9 Å². The Kier molecular flexibility index (Phi) is 6.85. The van der Waals surface area contributed by atoms with Gasteiger partial charge in [0.2, 0.25) is 11.8 Å². The normalized spacial score (nSPS) is 15.8. The summed E-state index contributed by atoms with van der Waals surface area (Å²) >= 11 is 0. The van der Waals surface area contributed by atoms with E-state index < -0.39 is 0 Å². The van der Waals surface area contributed by atoms with Crippen LogP contribution in [0.4, 0.5) is 0 Å². The van der Waals surface area contributed by atoms with Crippen molar-refractivity contribution in [1.29, 1.82) is 0 Å². The fourth-order valence-electron chi connectivity index (χ4n) is 2.72. The number of nitrogens with one attached hydrogen (secondary N) is 1. The van der Waals surface area contributed by atoms with Crippen molar-refractivity contribution in [1.82, 2.24) is 10.2 Å². The molecule has 1 aliphatic rings. The van der Waals surface area contributed by atoms with Gasteiger partial charge >= 0.3 is 0 Å². The van der Waals surface area contributed by atoms with Crippen molar-refractivity contribution in [2.45, 2.75) is 45.1 Å². The third kappa shape index (κ3) is 5.89. The van der Waals surface area contributed by atoms with Gasteiger partial charge in [-0.15, -0.1) is 0 Å². The van der Waals surface area contributed by atoms with Crippen LogP contribution in [-0.2, 0) is 9.59 Å². The predicted octanol–water partition coefficient (Wildman–Crippen LogP) is 3.00. The molecule has 1 N–H and O–H groups in total. The Bertz CT molecular complexity index is 532. The average Bonchev–Trinajstić information content (AvgIpc) is 2.59. The molecule has 0 aromatic heterocycles. The molecular formula is C19H26N2O2. The molecule has 0 unspecified atom stereocenters. The molecular weight excluding hydrogens is 288 g/mol. The second kappa shape index (κ2) is 9.13. The first-order valence-electron chi connectivity index (χ1n) is 8.50. The lowest BCUT2D eigenvalue weighted by atomic mass is 10.0. The number of carbonyl (C=O) groups is 2. The lowest BCUT2D eigenvalue weighted by Crippen LogP contribution is -2.46. The highest BCUT2D eigenvalue weighted by atomic mass is 16.2. The van der Waals surface area contributed by atoms with E-state index in [9.17, 15) is 9.59 Å². The van der Waals surface area contributed by atoms with E-state index in [0.717, 1.165) is 31.2 Å². The molecule has 0 bridgehead atoms. The van der Waals surface area contributed by atoms with Gasteiger partial charge in [-0.25, -0.2) is 0 Å². The van der Waals surface area contributed by atoms with Gasteiger partial charge in [0.15, 0.2) is 0 Å². The van der Waals surface area contributed by atoms with Crippen molar-refractivity contribution in [2.75, 3.05) is 13.1 Å². The van der Waals surface area contributed by atoms with Gasteiger partial charge in [0.25, 0.3) is 0 Å². The van der Waals surface area contributed by atoms with Crippen LogP contribution in [0.1, 0.15) is 44.6 Å². The minimum Gasteiger partial charge on any atom is -0.353 e. The Morgan fingerprint density at radius 2 is 1.91 bits per heavy atom. The quantitative estimate of drug-likeness (QED) is 0.821. The van der Waals surface area contributed by atoms with E-state index in [1.165, 1.54) is 0 Å². The van der Waals surface area contributed by atoms with Crippen LogP contribution in [0.3, 0.4) is 0 Å². The smallest absolute Gasteiger partial charge is 0.246 e. The summed E-state index contributed by atoms with van der Waals surface area (Å²) in [6.07, 6.45) is 7.74. The fraction of sp³-hybridized carbons (Fsp3) is 0.474. The molecule has 124 valence electrons. The van der Waals surface area contributed by atoms with Gasteiger partial charge in [-0.1, -0.05) is 43.7 Å². The summed E-state index contributed by atoms with van der Waals surface area (Å²) in [6, 6.07) is 10.0. The van der Waals surface area contributed by atoms with Crippen LogP contribution in [0.5, 0.6) is 0 Å². The molecule has 4 nitrogen and oxygen atoms in total. The van der Waals surface area contributed by atoms with Crippen molar-refractivity contribution in [3.05, 3.63) is 42.0 Å². The molecule has 23 heavy (non-hydrogen) atoms. The molecule has 1 aliphatic heterocycles. The van der Waals surface area contributed by atoms with Crippen LogP contribution in [0, 0.1) is 0 Å². The maximum atomic E-state index is 12.2. The molecule has 1 aromatic rings. The monoisotopic (exact) mass is 314 g/mol. The van der Waals surface area contributed by atoms with Crippen LogP contribution in [-0.4, -0.2) is 35.8 Å². The number of likely N-dealkylation sites (tertiary alicyclic amines) is 1. The van der Waals surface area contributed by atoms with Gasteiger partial charge in [-0.3, -0.25) is 9.59 Å². The van der Waals surface area contributed by atoms with Gasteiger partial charge in [0.1, 0.15) is 0 Å². The molecule has 1 aromatic carbocycles. The van der Waals surface area contributed by atoms with E-state index in [-0.39, 0.29) is 17.9 Å². The van der Waals surface area contributed by atoms with Crippen LogP contribution in [0.25, 0.3) is 6.08 Å². The van der Waals surface area contributed by atoms with Crippen molar-refractivity contribution in [3.63, 3.8) is 0 Å². The lowest BCUT2D eigenvalue weighted by Gasteiger charge is -2.31. The number of nitrogens with zero attached hydrogens (tertiary/aromatic N) is 1. The van der Waals surface area contributed by atoms with E-state index in [0.29, 0.717) is 19.5 Å². The number of hydrogen-bond acceptors (Lipinski definition) is 2. The van der Waals surface area contributed by atoms with E-state index in [2.05, 4.69) is 12.2 Å². The largest absolute Gasteiger partial charge is 0.353 e. The van der Waals surface area contributed by atoms with Gasteiger partial charge < -0.3 is 10.2 Å². The minimum absolute atomic E-state index is 0.0459. The standard InChI is InChI=1S/C19H26N2O2/c1-2-3-9-18(22)20-17-12-14-21(15-13-17)19(23)11-10-16-7-5-4-6-8-16/h4-8,10-11,17H,2-3,9,12-15H2,1H3,(H,20,22)/b11-10+. The first-order chi connectivity index (χ1) is 11.2. The number of carbonyl (C=O) groups excluding carboxylic acids is 2. The Morgan fingerprint density at radius 1 is 1.22 bits per heavy atom. The van der Waals surface area contributed by atoms with E-state index in [1.807, 2.05) is 41.3 Å². The molecule has 0 radical (unpaired) electrons. The molecule has 1 fully saturated rings. The molecule has 0 aliphatic carbocycles. The lowest BCUT2D eigenvalue weighted by molar-refractivity contribution is -0.127. The Hall–Kier alpha value is -2.10. The van der Waals surface area contributed by atoms with E-state index in [1.54, 1.807) is 6.08 Å². The van der Waals surface area contributed by atoms with E-state index >= 15 is 0 Å². The third-order valence-electron chi connectivity index (χ3n) is 4.15. The second-order valence-corrected chi connectivity index (χ2v) is 6.01. The number of benzene rings is 1. The van der Waals surface area contributed by atoms with Gasteiger partial charge in [0, 0.05) is 31.6 Å². The molecule has 0 saturated carbocycles. The molecule has 0 atom stereocenters. The molecule has 0 spiro atoms. The Morgan fingerprint density at radius 3 is 2.57 bits per heavy atom. The highest BCUT2D eigenvalue weighted by Crippen LogP contribution is 2.12. The van der Waals surface area contributed by atoms with Gasteiger partial charge in [-0.2, -0.15) is 0 Å². The number of unbranched alkanes of at least 4 members (excludes halogenated alkanes) is 1. The molecule has 1 saturated heterocycles. The highest BCUT2D eigenvalue weighted by Gasteiger charge is 2.22. The van der Waals surface area contributed by atoms with Crippen LogP contribution < -0.4 is 5.32 Å². The number of amides is 2. The zero-order valence-corrected chi connectivity index (χ0v) is 13.8. The summed E-state index contributed by atoms with van der Waals surface area (Å²) in [7, 11) is 0. The Balaban J connectivity index is 1.74. The molecule has 2 amide bonds. The van der Waals surface area contributed by atoms with Crippen LogP contribution in [0.15, 0.2) is 36.4 Å². The van der Waals surface area contributed by atoms with Crippen molar-refractivity contribution in [2.24, 2.45) is 0 Å². The maximum Gasteiger partial charge on any atom is 0.246 e. The number of hydrogen-bond donors (Lipinski definition) is 1. The van der Waals surface area contributed by atoms with Crippen LogP contribution in [0.2, 0.25) is 0 Å².